The van der Waals surface area contributed by atoms with Gasteiger partial charge in [0.15, 0.2) is 0 Å². The Bertz CT molecular complexity index is 8.00. The Balaban J connectivity index is 0. The summed E-state index contributed by atoms with van der Waals surface area (Å²) in [5.41, 5.74) is 0. The third-order valence-electron chi connectivity index (χ3n) is 0. The van der Waals surface area contributed by atoms with Crippen molar-refractivity contribution >= 4 is 0 Å². The molecule has 0 aliphatic carbocycles. The molecule has 0 radical (unpaired) electrons. The van der Waals surface area contributed by atoms with Gasteiger partial charge in [-0.3, -0.25) is 0 Å². The molecule has 0 fully saturated rings. The molecule has 0 saturated heterocycles. The summed E-state index contributed by atoms with van der Waals surface area (Å²) in [5.74, 6) is 0. The summed E-state index contributed by atoms with van der Waals surface area (Å²) < 4.78 is 0. The topological polar surface area (TPSA) is 36.5 Å². The maximum absolute atomic E-state index is 0. The molecule has 0 atom stereocenters. The van der Waals surface area contributed by atoms with E-state index in [0.717, 1.165) is 0 Å². The quantitative estimate of drug-likeness (QED) is 0.405. The predicted molar refractivity (Wildman–Crippen MR) is 5.98 cm³/mol. The van der Waals surface area contributed by atoms with E-state index in [1.807, 2.05) is 0 Å². The van der Waals surface area contributed by atoms with Crippen molar-refractivity contribution in [2.45, 2.75) is 0 Å². The molecule has 1 nitrogen and oxygen atoms in total. The summed E-state index contributed by atoms with van der Waals surface area (Å²) in [6.45, 7) is 0. The second-order valence-corrected chi connectivity index (χ2v) is 0. The summed E-state index contributed by atoms with van der Waals surface area (Å²) in [6.07, 6.45) is 0. The van der Waals surface area contributed by atoms with Gasteiger partial charge in [0.1, 0.15) is 0 Å². The summed E-state index contributed by atoms with van der Waals surface area (Å²) in [6, 6.07) is 0. The first-order valence-electron chi connectivity index (χ1n) is 0. The van der Waals surface area contributed by atoms with Crippen LogP contribution in [0.3, 0.4) is 0 Å². The van der Waals surface area contributed by atoms with Crippen molar-refractivity contribution in [2.75, 3.05) is 0 Å². The van der Waals surface area contributed by atoms with Crippen LogP contribution < -0.4 is 42.5 Å². The van der Waals surface area contributed by atoms with Gasteiger partial charge in [-0.25, -0.2) is 0 Å². The van der Waals surface area contributed by atoms with E-state index >= 15 is 0 Å². The average molecular weight is 232 g/mol. The molecular formula is H4ClCrIN-. The standard InChI is InChI=1S/ClH.Cr.HI.H3N/h1H;;1H;1H3/p-1. The van der Waals surface area contributed by atoms with Crippen LogP contribution in [-0.2, 0) is 17.4 Å². The summed E-state index contributed by atoms with van der Waals surface area (Å²) >= 11 is 0. The molecular weight excluding hydrogens is 228 g/mol. The fraction of sp³-hybridized carbons (Fsp3) is 0. The van der Waals surface area contributed by atoms with Crippen LogP contribution in [0.25, 0.3) is 0 Å². The van der Waals surface area contributed by atoms with Gasteiger partial charge in [-0.15, -0.1) is 0 Å². The van der Waals surface area contributed by atoms with Crippen LogP contribution in [0.15, 0.2) is 0 Å². The van der Waals surface area contributed by atoms with E-state index in [4.69, 9.17) is 0 Å². The number of halogens is 2. The summed E-state index contributed by atoms with van der Waals surface area (Å²) in [7, 11) is 0. The first-order chi connectivity index (χ1) is 0. The van der Waals surface area contributed by atoms with E-state index in [9.17, 15) is 0 Å². The Kier molecular flexibility index (Phi) is 299. The Morgan fingerprint density at radius 3 is 1.00 bits per heavy atom. The van der Waals surface area contributed by atoms with E-state index < -0.39 is 0 Å². The van der Waals surface area contributed by atoms with E-state index in [1.165, 1.54) is 0 Å². The third-order valence-corrected chi connectivity index (χ3v) is 0. The zero-order chi connectivity index (χ0) is 0. The first-order valence-corrected chi connectivity index (χ1v) is 0. The Morgan fingerprint density at radius 1 is 1.00 bits per heavy atom. The first kappa shape index (κ1) is 49.1. The Hall–Kier alpha value is 1.51. The third kappa shape index (κ3) is 9.69. The van der Waals surface area contributed by atoms with Crippen molar-refractivity contribution in [2.24, 2.45) is 0 Å². The average Bonchev–Trinajstić information content (AvgIpc) is 0. The molecule has 0 heterocycles. The van der Waals surface area contributed by atoms with Crippen molar-refractivity contribution in [3.63, 3.8) is 0 Å². The molecule has 30 valence electrons. The van der Waals surface area contributed by atoms with Gasteiger partial charge in [0.2, 0.25) is 0 Å². The van der Waals surface area contributed by atoms with Gasteiger partial charge in [0.25, 0.3) is 0 Å². The van der Waals surface area contributed by atoms with Crippen molar-refractivity contribution in [3.8, 4) is 0 Å². The van der Waals surface area contributed by atoms with Gasteiger partial charge in [-0.1, -0.05) is 0 Å². The zero-order valence-electron chi connectivity index (χ0n) is 2.16. The maximum Gasteiger partial charge on any atom is 0 e. The molecule has 0 aromatic carbocycles. The normalized spacial score (nSPS) is 0. The predicted octanol–water partition coefficient (Wildman–Crippen LogP) is -5.62. The molecule has 4 heavy (non-hydrogen) atoms. The van der Waals surface area contributed by atoms with E-state index in [2.05, 4.69) is 0 Å². The minimum absolute atomic E-state index is 0. The van der Waals surface area contributed by atoms with Gasteiger partial charge >= 0.3 is 0 Å². The monoisotopic (exact) mass is 232 g/mol. The van der Waals surface area contributed by atoms with Gasteiger partial charge in [0.05, 0.1) is 0 Å². The van der Waals surface area contributed by atoms with Crippen LogP contribution in [0.2, 0.25) is 0 Å². The molecule has 0 unspecified atom stereocenters. The van der Waals surface area contributed by atoms with Crippen LogP contribution in [0.4, 0.5) is 0 Å². The summed E-state index contributed by atoms with van der Waals surface area (Å²) in [5, 5.41) is 0. The molecule has 0 amide bonds. The smallest absolute Gasteiger partial charge is 0 e. The second-order valence-electron chi connectivity index (χ2n) is 0. The van der Waals surface area contributed by atoms with Crippen molar-refractivity contribution in [1.29, 1.82) is 0 Å². The van der Waals surface area contributed by atoms with Crippen LogP contribution in [-0.4, -0.2) is 0 Å². The fourth-order valence-corrected chi connectivity index (χ4v) is 0. The van der Waals surface area contributed by atoms with Gasteiger partial charge in [0, 0.05) is 17.4 Å². The minimum atomic E-state index is 0. The number of hydrogen-bond acceptors (Lipinski definition) is 0. The molecule has 0 rings (SSSR count). The van der Waals surface area contributed by atoms with Crippen LogP contribution in [0.1, 0.15) is 0 Å². The molecule has 0 saturated carbocycles. The van der Waals surface area contributed by atoms with E-state index in [0.29, 0.717) is 0 Å². The van der Waals surface area contributed by atoms with Crippen LogP contribution in [0, 0.1) is 0 Å². The number of rotatable bonds is 0. The molecule has 4 N–H and O–H groups in total. The van der Waals surface area contributed by atoms with Crippen molar-refractivity contribution < 1.29 is 53.7 Å². The molecule has 0 spiro atoms. The Labute approximate surface area is 59.7 Å². The van der Waals surface area contributed by atoms with Gasteiger partial charge in [-0.2, -0.15) is 0 Å². The van der Waals surface area contributed by atoms with Gasteiger partial charge < -0.3 is 42.5 Å². The minimum Gasteiger partial charge on any atom is -1.00 e. The molecule has 0 bridgehead atoms. The SMILES string of the molecule is [Cl-].[Cr].[I-].[NH4+]. The maximum atomic E-state index is 0. The van der Waals surface area contributed by atoms with E-state index in [1.54, 1.807) is 0 Å². The summed E-state index contributed by atoms with van der Waals surface area (Å²) in [4.78, 5) is 0. The molecule has 0 aliphatic heterocycles. The molecule has 0 aliphatic rings. The second kappa shape index (κ2) is 24.3. The van der Waals surface area contributed by atoms with Crippen LogP contribution in [0.5, 0.6) is 0 Å². The number of hydrogen-bond donors (Lipinski definition) is 1. The van der Waals surface area contributed by atoms with Crippen molar-refractivity contribution in [3.05, 3.63) is 0 Å². The molecule has 4 heteroatoms. The zero-order valence-corrected chi connectivity index (χ0v) is 6.35. The number of quaternary nitrogens is 1. The van der Waals surface area contributed by atoms with Gasteiger partial charge in [-0.05, 0) is 0 Å². The van der Waals surface area contributed by atoms with E-state index in [-0.39, 0.29) is 59.9 Å². The largest absolute Gasteiger partial charge is 1.00 e. The molecule has 0 aromatic rings. The Morgan fingerprint density at radius 2 is 1.00 bits per heavy atom. The molecule has 0 aromatic heterocycles. The van der Waals surface area contributed by atoms with Crippen molar-refractivity contribution in [1.82, 2.24) is 6.15 Å². The fourth-order valence-electron chi connectivity index (χ4n) is 0. The van der Waals surface area contributed by atoms with Crippen LogP contribution >= 0.6 is 0 Å².